The van der Waals surface area contributed by atoms with Crippen LogP contribution in [0.15, 0.2) is 24.4 Å². The first-order valence-corrected chi connectivity index (χ1v) is 6.32. The Morgan fingerprint density at radius 2 is 1.80 bits per heavy atom. The highest BCUT2D eigenvalue weighted by molar-refractivity contribution is 6.44. The van der Waals surface area contributed by atoms with Crippen molar-refractivity contribution < 1.29 is 14.3 Å². The van der Waals surface area contributed by atoms with Crippen LogP contribution < -0.4 is 5.32 Å². The SMILES string of the molecule is O=C(O)c1cc(F)cnc1Nc1cc(Cl)c(Cl)cc1Cl. The number of carboxylic acid groups (broad SMARTS) is 1. The lowest BCUT2D eigenvalue weighted by atomic mass is 10.2. The molecule has 0 aliphatic carbocycles. The fourth-order valence-electron chi connectivity index (χ4n) is 1.45. The van der Waals surface area contributed by atoms with Gasteiger partial charge in [-0.15, -0.1) is 0 Å². The van der Waals surface area contributed by atoms with Crippen molar-refractivity contribution in [2.75, 3.05) is 5.32 Å². The summed E-state index contributed by atoms with van der Waals surface area (Å²) in [5.74, 6) is -2.14. The molecule has 2 N–H and O–H groups in total. The van der Waals surface area contributed by atoms with Crippen LogP contribution in [0.5, 0.6) is 0 Å². The number of benzene rings is 1. The van der Waals surface area contributed by atoms with E-state index >= 15 is 0 Å². The number of pyridine rings is 1. The minimum atomic E-state index is -1.32. The Labute approximate surface area is 128 Å². The van der Waals surface area contributed by atoms with Crippen molar-refractivity contribution in [3.8, 4) is 0 Å². The third-order valence-corrected chi connectivity index (χ3v) is 3.38. The topological polar surface area (TPSA) is 62.2 Å². The minimum absolute atomic E-state index is 0.0563. The molecule has 104 valence electrons. The standard InChI is InChI=1S/C12H6Cl3FN2O2/c13-7-2-9(15)10(3-8(7)14)18-11-6(12(19)20)1-5(16)4-17-11/h1-4H,(H,17,18)(H,19,20). The number of anilines is 2. The van der Waals surface area contributed by atoms with Gasteiger partial charge >= 0.3 is 5.97 Å². The molecule has 20 heavy (non-hydrogen) atoms. The molecule has 4 nitrogen and oxygen atoms in total. The molecule has 2 rings (SSSR count). The molecule has 0 saturated carbocycles. The maximum absolute atomic E-state index is 13.0. The van der Waals surface area contributed by atoms with Crippen molar-refractivity contribution in [1.29, 1.82) is 0 Å². The Morgan fingerprint density at radius 3 is 2.45 bits per heavy atom. The molecule has 2 aromatic rings. The molecule has 0 spiro atoms. The first-order chi connectivity index (χ1) is 9.38. The van der Waals surface area contributed by atoms with Crippen molar-refractivity contribution >= 4 is 52.3 Å². The molecule has 0 radical (unpaired) electrons. The van der Waals surface area contributed by atoms with Gasteiger partial charge in [-0.2, -0.15) is 0 Å². The van der Waals surface area contributed by atoms with Gasteiger partial charge in [0.15, 0.2) is 0 Å². The second-order valence-corrected chi connectivity index (χ2v) is 4.95. The van der Waals surface area contributed by atoms with Gasteiger partial charge in [0.2, 0.25) is 0 Å². The van der Waals surface area contributed by atoms with Crippen LogP contribution in [0.3, 0.4) is 0 Å². The van der Waals surface area contributed by atoms with Gasteiger partial charge in [-0.25, -0.2) is 14.2 Å². The number of rotatable bonds is 3. The number of nitrogens with zero attached hydrogens (tertiary/aromatic N) is 1. The molecule has 0 amide bonds. The number of aromatic carboxylic acids is 1. The maximum atomic E-state index is 13.0. The first-order valence-electron chi connectivity index (χ1n) is 5.19. The fraction of sp³-hybridized carbons (Fsp3) is 0. The Hall–Kier alpha value is -1.56. The fourth-order valence-corrected chi connectivity index (χ4v) is 2.04. The highest BCUT2D eigenvalue weighted by Gasteiger charge is 2.15. The Morgan fingerprint density at radius 1 is 1.15 bits per heavy atom. The molecule has 8 heteroatoms. The largest absolute Gasteiger partial charge is 0.478 e. The molecule has 0 unspecified atom stereocenters. The van der Waals surface area contributed by atoms with Gasteiger partial charge in [0.05, 0.1) is 27.0 Å². The molecule has 1 aromatic heterocycles. The average molecular weight is 336 g/mol. The van der Waals surface area contributed by atoms with E-state index in [1.54, 1.807) is 0 Å². The average Bonchev–Trinajstić information content (AvgIpc) is 2.37. The van der Waals surface area contributed by atoms with E-state index < -0.39 is 11.8 Å². The lowest BCUT2D eigenvalue weighted by Gasteiger charge is -2.11. The summed E-state index contributed by atoms with van der Waals surface area (Å²) >= 11 is 17.6. The van der Waals surface area contributed by atoms with Gasteiger partial charge in [-0.05, 0) is 18.2 Å². The van der Waals surface area contributed by atoms with E-state index in [4.69, 9.17) is 39.9 Å². The van der Waals surface area contributed by atoms with Crippen LogP contribution in [0.2, 0.25) is 15.1 Å². The van der Waals surface area contributed by atoms with Crippen LogP contribution >= 0.6 is 34.8 Å². The summed E-state index contributed by atoms with van der Waals surface area (Å²) in [6, 6.07) is 3.67. The molecule has 0 fully saturated rings. The zero-order valence-electron chi connectivity index (χ0n) is 9.62. The van der Waals surface area contributed by atoms with E-state index in [0.29, 0.717) is 5.69 Å². The van der Waals surface area contributed by atoms with Gasteiger partial charge in [0.25, 0.3) is 0 Å². The molecular weight excluding hydrogens is 330 g/mol. The predicted octanol–water partition coefficient (Wildman–Crippen LogP) is 4.62. The molecule has 0 saturated heterocycles. The molecule has 0 aliphatic heterocycles. The molecule has 0 bridgehead atoms. The molecule has 0 aliphatic rings. The number of hydrogen-bond acceptors (Lipinski definition) is 3. The lowest BCUT2D eigenvalue weighted by Crippen LogP contribution is -2.06. The molecule has 1 aromatic carbocycles. The molecular formula is C12H6Cl3FN2O2. The summed E-state index contributed by atoms with van der Waals surface area (Å²) in [6.07, 6.45) is 0.889. The van der Waals surface area contributed by atoms with Crippen molar-refractivity contribution in [3.05, 3.63) is 50.8 Å². The molecule has 1 heterocycles. The Bertz CT molecular complexity index is 695. The highest BCUT2D eigenvalue weighted by atomic mass is 35.5. The number of carbonyl (C=O) groups is 1. The number of carboxylic acids is 1. The smallest absolute Gasteiger partial charge is 0.339 e. The van der Waals surface area contributed by atoms with Gasteiger partial charge in [-0.1, -0.05) is 34.8 Å². The summed E-state index contributed by atoms with van der Waals surface area (Å²) in [5, 5.41) is 12.4. The maximum Gasteiger partial charge on any atom is 0.339 e. The van der Waals surface area contributed by atoms with E-state index in [0.717, 1.165) is 12.3 Å². The third-order valence-electron chi connectivity index (χ3n) is 2.35. The van der Waals surface area contributed by atoms with Gasteiger partial charge in [0.1, 0.15) is 17.2 Å². The number of aromatic nitrogens is 1. The van der Waals surface area contributed by atoms with E-state index in [1.165, 1.54) is 12.1 Å². The first kappa shape index (κ1) is 14.8. The van der Waals surface area contributed by atoms with E-state index in [-0.39, 0.29) is 26.4 Å². The third kappa shape index (κ3) is 3.12. The van der Waals surface area contributed by atoms with Crippen LogP contribution in [-0.4, -0.2) is 16.1 Å². The summed E-state index contributed by atoms with van der Waals surface area (Å²) in [4.78, 5) is 14.7. The van der Waals surface area contributed by atoms with E-state index in [9.17, 15) is 9.18 Å². The van der Waals surface area contributed by atoms with Gasteiger partial charge in [-0.3, -0.25) is 0 Å². The van der Waals surface area contributed by atoms with Gasteiger partial charge < -0.3 is 10.4 Å². The highest BCUT2D eigenvalue weighted by Crippen LogP contribution is 2.34. The van der Waals surface area contributed by atoms with Crippen LogP contribution in [-0.2, 0) is 0 Å². The van der Waals surface area contributed by atoms with Crippen molar-refractivity contribution in [1.82, 2.24) is 4.98 Å². The van der Waals surface area contributed by atoms with E-state index in [2.05, 4.69) is 10.3 Å². The van der Waals surface area contributed by atoms with Crippen molar-refractivity contribution in [3.63, 3.8) is 0 Å². The lowest BCUT2D eigenvalue weighted by molar-refractivity contribution is 0.0697. The zero-order chi connectivity index (χ0) is 14.9. The van der Waals surface area contributed by atoms with Crippen LogP contribution in [0.25, 0.3) is 0 Å². The number of halogens is 4. The Kier molecular flexibility index (Phi) is 4.32. The van der Waals surface area contributed by atoms with Crippen molar-refractivity contribution in [2.24, 2.45) is 0 Å². The van der Waals surface area contributed by atoms with Crippen LogP contribution in [0, 0.1) is 5.82 Å². The normalized spacial score (nSPS) is 10.4. The number of nitrogens with one attached hydrogen (secondary N) is 1. The monoisotopic (exact) mass is 334 g/mol. The van der Waals surface area contributed by atoms with Gasteiger partial charge in [0, 0.05) is 0 Å². The number of hydrogen-bond donors (Lipinski definition) is 2. The second kappa shape index (κ2) is 5.83. The summed E-state index contributed by atoms with van der Waals surface area (Å²) in [6.45, 7) is 0. The quantitative estimate of drug-likeness (QED) is 0.803. The minimum Gasteiger partial charge on any atom is -0.478 e. The zero-order valence-corrected chi connectivity index (χ0v) is 11.9. The Balaban J connectivity index is 2.45. The van der Waals surface area contributed by atoms with Crippen LogP contribution in [0.4, 0.5) is 15.9 Å². The summed E-state index contributed by atoms with van der Waals surface area (Å²) in [7, 11) is 0. The summed E-state index contributed by atoms with van der Waals surface area (Å²) < 4.78 is 13.0. The predicted molar refractivity (Wildman–Crippen MR) is 75.9 cm³/mol. The van der Waals surface area contributed by atoms with E-state index in [1.807, 2.05) is 0 Å². The van der Waals surface area contributed by atoms with Crippen LogP contribution in [0.1, 0.15) is 10.4 Å². The summed E-state index contributed by atoms with van der Waals surface area (Å²) in [5.41, 5.74) is -0.0187. The van der Waals surface area contributed by atoms with Crippen molar-refractivity contribution in [2.45, 2.75) is 0 Å². The second-order valence-electron chi connectivity index (χ2n) is 3.73. The molecule has 0 atom stereocenters.